The van der Waals surface area contributed by atoms with Crippen LogP contribution in [0.4, 0.5) is 11.5 Å². The molecule has 0 bridgehead atoms. The van der Waals surface area contributed by atoms with Crippen LogP contribution in [0.15, 0.2) is 28.8 Å². The van der Waals surface area contributed by atoms with Crippen molar-refractivity contribution in [1.29, 1.82) is 0 Å². The molecule has 0 aliphatic heterocycles. The van der Waals surface area contributed by atoms with Crippen LogP contribution in [0.25, 0.3) is 11.1 Å². The van der Waals surface area contributed by atoms with Crippen molar-refractivity contribution < 1.29 is 23.6 Å². The SMILES string of the molecule is CCOC(=O)c1cccc(Nc2nc(C(=O)OCC)nc3onc(C)c23)c1. The van der Waals surface area contributed by atoms with Gasteiger partial charge in [0.1, 0.15) is 11.2 Å². The molecule has 2 heterocycles. The van der Waals surface area contributed by atoms with E-state index in [4.69, 9.17) is 14.0 Å². The first-order valence-corrected chi connectivity index (χ1v) is 8.38. The fourth-order valence-electron chi connectivity index (χ4n) is 2.44. The van der Waals surface area contributed by atoms with Crippen LogP contribution in [0.5, 0.6) is 0 Å². The maximum Gasteiger partial charge on any atom is 0.376 e. The molecule has 9 heteroatoms. The average molecular weight is 370 g/mol. The van der Waals surface area contributed by atoms with Crippen molar-refractivity contribution >= 4 is 34.5 Å². The minimum Gasteiger partial charge on any atom is -0.462 e. The molecule has 27 heavy (non-hydrogen) atoms. The Morgan fingerprint density at radius 2 is 1.85 bits per heavy atom. The summed E-state index contributed by atoms with van der Waals surface area (Å²) in [6.07, 6.45) is 0. The van der Waals surface area contributed by atoms with E-state index in [-0.39, 0.29) is 24.8 Å². The van der Waals surface area contributed by atoms with Crippen LogP contribution in [-0.4, -0.2) is 40.3 Å². The molecule has 0 saturated carbocycles. The number of anilines is 2. The Morgan fingerprint density at radius 1 is 1.11 bits per heavy atom. The van der Waals surface area contributed by atoms with Crippen LogP contribution in [-0.2, 0) is 9.47 Å². The number of hydrogen-bond donors (Lipinski definition) is 1. The normalized spacial score (nSPS) is 10.6. The van der Waals surface area contributed by atoms with Crippen LogP contribution >= 0.6 is 0 Å². The molecular formula is C18H18N4O5. The van der Waals surface area contributed by atoms with E-state index in [1.807, 2.05) is 0 Å². The molecule has 1 aromatic carbocycles. The smallest absolute Gasteiger partial charge is 0.376 e. The average Bonchev–Trinajstić information content (AvgIpc) is 3.03. The van der Waals surface area contributed by atoms with Crippen LogP contribution in [0, 0.1) is 6.92 Å². The summed E-state index contributed by atoms with van der Waals surface area (Å²) in [4.78, 5) is 32.2. The topological polar surface area (TPSA) is 116 Å². The van der Waals surface area contributed by atoms with E-state index in [1.54, 1.807) is 45.0 Å². The van der Waals surface area contributed by atoms with Gasteiger partial charge in [0.05, 0.1) is 24.5 Å². The number of carbonyl (C=O) groups is 2. The van der Waals surface area contributed by atoms with Gasteiger partial charge in [0, 0.05) is 5.69 Å². The van der Waals surface area contributed by atoms with E-state index in [2.05, 4.69) is 20.4 Å². The van der Waals surface area contributed by atoms with E-state index < -0.39 is 11.9 Å². The second-order valence-electron chi connectivity index (χ2n) is 5.49. The van der Waals surface area contributed by atoms with Crippen LogP contribution in [0.3, 0.4) is 0 Å². The molecule has 2 aromatic heterocycles. The van der Waals surface area contributed by atoms with Gasteiger partial charge in [-0.3, -0.25) is 0 Å². The summed E-state index contributed by atoms with van der Waals surface area (Å²) >= 11 is 0. The third-order valence-corrected chi connectivity index (χ3v) is 3.60. The molecule has 0 unspecified atom stereocenters. The van der Waals surface area contributed by atoms with Gasteiger partial charge in [-0.1, -0.05) is 11.2 Å². The first-order valence-electron chi connectivity index (χ1n) is 8.38. The van der Waals surface area contributed by atoms with E-state index in [9.17, 15) is 9.59 Å². The second kappa shape index (κ2) is 7.81. The summed E-state index contributed by atoms with van der Waals surface area (Å²) < 4.78 is 15.1. The lowest BCUT2D eigenvalue weighted by atomic mass is 10.2. The minimum atomic E-state index is -0.670. The standard InChI is InChI=1S/C18H18N4O5/c1-4-25-17(23)11-7-6-8-12(9-11)19-14-13-10(3)22-27-16(13)21-15(20-14)18(24)26-5-2/h6-9H,4-5H2,1-3H3,(H,19,20,21). The highest BCUT2D eigenvalue weighted by molar-refractivity contribution is 5.95. The van der Waals surface area contributed by atoms with E-state index in [1.165, 1.54) is 0 Å². The number of nitrogens with zero attached hydrogens (tertiary/aromatic N) is 3. The molecule has 140 valence electrons. The molecule has 0 aliphatic carbocycles. The van der Waals surface area contributed by atoms with Crippen LogP contribution < -0.4 is 5.32 Å². The van der Waals surface area contributed by atoms with Gasteiger partial charge < -0.3 is 19.3 Å². The number of fused-ring (bicyclic) bond motifs is 1. The van der Waals surface area contributed by atoms with Crippen molar-refractivity contribution in [1.82, 2.24) is 15.1 Å². The van der Waals surface area contributed by atoms with Gasteiger partial charge in [-0.25, -0.2) is 14.6 Å². The molecule has 3 rings (SSSR count). The maximum atomic E-state index is 12.0. The number of carbonyl (C=O) groups excluding carboxylic acids is 2. The van der Waals surface area contributed by atoms with E-state index in [0.29, 0.717) is 28.1 Å². The highest BCUT2D eigenvalue weighted by atomic mass is 16.5. The van der Waals surface area contributed by atoms with Crippen molar-refractivity contribution in [3.05, 3.63) is 41.3 Å². The lowest BCUT2D eigenvalue weighted by Gasteiger charge is -2.09. The van der Waals surface area contributed by atoms with Crippen molar-refractivity contribution in [2.45, 2.75) is 20.8 Å². The number of esters is 2. The summed E-state index contributed by atoms with van der Waals surface area (Å²) in [6.45, 7) is 5.64. The number of ether oxygens (including phenoxy) is 2. The van der Waals surface area contributed by atoms with Gasteiger partial charge >= 0.3 is 11.9 Å². The third-order valence-electron chi connectivity index (χ3n) is 3.60. The summed E-state index contributed by atoms with van der Waals surface area (Å²) in [5.41, 5.74) is 1.69. The Balaban J connectivity index is 2.01. The molecule has 0 radical (unpaired) electrons. The van der Waals surface area contributed by atoms with Crippen molar-refractivity contribution in [2.75, 3.05) is 18.5 Å². The van der Waals surface area contributed by atoms with E-state index >= 15 is 0 Å². The lowest BCUT2D eigenvalue weighted by molar-refractivity contribution is 0.0507. The molecule has 0 atom stereocenters. The molecule has 0 spiro atoms. The zero-order valence-electron chi connectivity index (χ0n) is 15.1. The molecule has 1 N–H and O–H groups in total. The Hall–Kier alpha value is -3.49. The summed E-state index contributed by atoms with van der Waals surface area (Å²) in [5.74, 6) is -0.925. The Morgan fingerprint density at radius 3 is 2.59 bits per heavy atom. The summed E-state index contributed by atoms with van der Waals surface area (Å²) in [6, 6.07) is 6.73. The molecule has 9 nitrogen and oxygen atoms in total. The molecule has 3 aromatic rings. The van der Waals surface area contributed by atoms with Gasteiger partial charge in [0.25, 0.3) is 5.71 Å². The molecule has 0 saturated heterocycles. The van der Waals surface area contributed by atoms with Crippen LogP contribution in [0.1, 0.15) is 40.5 Å². The van der Waals surface area contributed by atoms with Gasteiger partial charge in [-0.05, 0) is 39.0 Å². The molecule has 0 fully saturated rings. The Kier molecular flexibility index (Phi) is 5.30. The number of nitrogens with one attached hydrogen (secondary N) is 1. The number of aryl methyl sites for hydroxylation is 1. The van der Waals surface area contributed by atoms with Gasteiger partial charge in [-0.15, -0.1) is 0 Å². The number of benzene rings is 1. The number of rotatable bonds is 6. The minimum absolute atomic E-state index is 0.149. The fourth-order valence-corrected chi connectivity index (χ4v) is 2.44. The highest BCUT2D eigenvalue weighted by Crippen LogP contribution is 2.27. The first kappa shape index (κ1) is 18.3. The maximum absolute atomic E-state index is 12.0. The first-order chi connectivity index (χ1) is 13.0. The summed E-state index contributed by atoms with van der Waals surface area (Å²) in [7, 11) is 0. The Bertz CT molecular complexity index is 999. The quantitative estimate of drug-likeness (QED) is 0.653. The zero-order valence-corrected chi connectivity index (χ0v) is 15.1. The predicted molar refractivity (Wildman–Crippen MR) is 96.0 cm³/mol. The van der Waals surface area contributed by atoms with Gasteiger partial charge in [-0.2, -0.15) is 4.98 Å². The highest BCUT2D eigenvalue weighted by Gasteiger charge is 2.20. The lowest BCUT2D eigenvalue weighted by Crippen LogP contribution is -2.11. The van der Waals surface area contributed by atoms with Gasteiger partial charge in [0.2, 0.25) is 5.82 Å². The largest absolute Gasteiger partial charge is 0.462 e. The van der Waals surface area contributed by atoms with Crippen molar-refractivity contribution in [3.63, 3.8) is 0 Å². The fraction of sp³-hybridized carbons (Fsp3) is 0.278. The third kappa shape index (κ3) is 3.86. The predicted octanol–water partition coefficient (Wildman–Crippen LogP) is 3.02. The molecular weight excluding hydrogens is 352 g/mol. The number of hydrogen-bond acceptors (Lipinski definition) is 9. The van der Waals surface area contributed by atoms with E-state index in [0.717, 1.165) is 0 Å². The molecule has 0 amide bonds. The Labute approximate surface area is 154 Å². The van der Waals surface area contributed by atoms with Crippen molar-refractivity contribution in [2.24, 2.45) is 0 Å². The number of aromatic nitrogens is 3. The zero-order chi connectivity index (χ0) is 19.4. The second-order valence-corrected chi connectivity index (χ2v) is 5.49. The molecule has 0 aliphatic rings. The van der Waals surface area contributed by atoms with Crippen molar-refractivity contribution in [3.8, 4) is 0 Å². The summed E-state index contributed by atoms with van der Waals surface area (Å²) in [5, 5.41) is 7.48. The van der Waals surface area contributed by atoms with Gasteiger partial charge in [0.15, 0.2) is 0 Å². The van der Waals surface area contributed by atoms with Crippen LogP contribution in [0.2, 0.25) is 0 Å². The monoisotopic (exact) mass is 370 g/mol.